The highest BCUT2D eigenvalue weighted by molar-refractivity contribution is 5.93. The number of aromatic nitrogens is 3. The van der Waals surface area contributed by atoms with Gasteiger partial charge < -0.3 is 25.6 Å². The van der Waals surface area contributed by atoms with E-state index in [1.165, 1.54) is 0 Å². The Morgan fingerprint density at radius 1 is 1.06 bits per heavy atom. The zero-order chi connectivity index (χ0) is 21.8. The third-order valence-corrected chi connectivity index (χ3v) is 4.76. The summed E-state index contributed by atoms with van der Waals surface area (Å²) >= 11 is 0. The molecule has 4 rings (SSSR count). The van der Waals surface area contributed by atoms with Crippen LogP contribution in [0.2, 0.25) is 0 Å². The molecule has 8 nitrogen and oxygen atoms in total. The molecule has 1 atom stereocenters. The summed E-state index contributed by atoms with van der Waals surface area (Å²) in [6.07, 6.45) is 1.17. The molecule has 8 heteroatoms. The fourth-order valence-electron chi connectivity index (χ4n) is 3.20. The Morgan fingerprint density at radius 2 is 1.77 bits per heavy atom. The molecule has 0 radical (unpaired) electrons. The molecular formula is C23H25N5O3. The van der Waals surface area contributed by atoms with Gasteiger partial charge >= 0.3 is 0 Å². The number of benzene rings is 2. The van der Waals surface area contributed by atoms with Gasteiger partial charge in [-0.1, -0.05) is 12.1 Å². The summed E-state index contributed by atoms with van der Waals surface area (Å²) in [4.78, 5) is 4.55. The summed E-state index contributed by atoms with van der Waals surface area (Å²) in [5.41, 5.74) is 8.17. The van der Waals surface area contributed by atoms with Crippen LogP contribution in [0.3, 0.4) is 0 Å². The van der Waals surface area contributed by atoms with Crippen LogP contribution in [0.5, 0.6) is 17.2 Å². The molecule has 4 N–H and O–H groups in total. The molecule has 0 fully saturated rings. The van der Waals surface area contributed by atoms with Crippen LogP contribution >= 0.6 is 0 Å². The van der Waals surface area contributed by atoms with Crippen molar-refractivity contribution in [3.8, 4) is 17.2 Å². The number of fused-ring (bicyclic) bond motifs is 1. The van der Waals surface area contributed by atoms with Crippen LogP contribution in [0.1, 0.15) is 12.5 Å². The van der Waals surface area contributed by atoms with Crippen LogP contribution in [0.4, 0.5) is 11.5 Å². The van der Waals surface area contributed by atoms with Crippen LogP contribution in [0, 0.1) is 0 Å². The number of methoxy groups -OCH3 is 1. The largest absolute Gasteiger partial charge is 0.497 e. The minimum atomic E-state index is -0.528. The molecule has 0 amide bonds. The lowest BCUT2D eigenvalue weighted by Gasteiger charge is -2.09. The number of hydrogen-bond acceptors (Lipinski definition) is 7. The van der Waals surface area contributed by atoms with Crippen molar-refractivity contribution < 1.29 is 14.6 Å². The third-order valence-electron chi connectivity index (χ3n) is 4.76. The number of nitrogens with two attached hydrogens (primary N) is 1. The fraction of sp³-hybridized carbons (Fsp3) is 0.217. The molecule has 4 aromatic rings. The van der Waals surface area contributed by atoms with Gasteiger partial charge in [-0.3, -0.25) is 0 Å². The van der Waals surface area contributed by atoms with Gasteiger partial charge in [-0.25, -0.2) is 9.67 Å². The molecule has 0 saturated carbocycles. The Morgan fingerprint density at radius 3 is 2.45 bits per heavy atom. The van der Waals surface area contributed by atoms with Crippen molar-refractivity contribution >= 4 is 22.5 Å². The van der Waals surface area contributed by atoms with Gasteiger partial charge in [0.05, 0.1) is 19.8 Å². The van der Waals surface area contributed by atoms with Gasteiger partial charge in [0.1, 0.15) is 22.6 Å². The predicted octanol–water partition coefficient (Wildman–Crippen LogP) is 3.66. The number of hydrogen-bond donors (Lipinski definition) is 3. The molecule has 1 unspecified atom stereocenters. The molecular weight excluding hydrogens is 394 g/mol. The third kappa shape index (κ3) is 4.70. The minimum Gasteiger partial charge on any atom is -0.497 e. The van der Waals surface area contributed by atoms with E-state index in [1.54, 1.807) is 38.4 Å². The van der Waals surface area contributed by atoms with Gasteiger partial charge in [0.25, 0.3) is 0 Å². The monoisotopic (exact) mass is 419 g/mol. The van der Waals surface area contributed by atoms with Crippen molar-refractivity contribution in [2.45, 2.75) is 19.6 Å². The zero-order valence-corrected chi connectivity index (χ0v) is 17.4. The Kier molecular flexibility index (Phi) is 5.90. The van der Waals surface area contributed by atoms with Crippen LogP contribution in [0.15, 0.2) is 60.8 Å². The molecule has 2 aromatic carbocycles. The van der Waals surface area contributed by atoms with Gasteiger partial charge in [0.15, 0.2) is 11.5 Å². The van der Waals surface area contributed by atoms with E-state index in [4.69, 9.17) is 20.3 Å². The Labute approximate surface area is 180 Å². The van der Waals surface area contributed by atoms with Gasteiger partial charge in [0, 0.05) is 24.5 Å². The molecule has 2 aromatic heterocycles. The Bertz CT molecular complexity index is 1150. The van der Waals surface area contributed by atoms with Crippen molar-refractivity contribution in [2.75, 3.05) is 24.7 Å². The molecule has 0 aliphatic carbocycles. The first kappa shape index (κ1) is 20.5. The van der Waals surface area contributed by atoms with E-state index in [-0.39, 0.29) is 0 Å². The average Bonchev–Trinajstić information content (AvgIpc) is 3.13. The van der Waals surface area contributed by atoms with E-state index in [9.17, 15) is 5.11 Å². The highest BCUT2D eigenvalue weighted by Crippen LogP contribution is 2.34. The molecule has 31 heavy (non-hydrogen) atoms. The molecule has 0 saturated heterocycles. The lowest BCUT2D eigenvalue weighted by Crippen LogP contribution is -2.16. The van der Waals surface area contributed by atoms with Gasteiger partial charge in [0.2, 0.25) is 0 Å². The Hall–Kier alpha value is -3.78. The number of nitrogens with zero attached hydrogens (tertiary/aromatic N) is 3. The standard InChI is InChI=1S/C23H25N5O3/c1-15(29)13-26-22-21-20(31-19-9-5-17(24)6-10-19)11-12-25-23(21)28(27-22)14-16-3-7-18(30-2)8-4-16/h3-12,15,29H,13-14,24H2,1-2H3,(H,26,27). The molecule has 0 bridgehead atoms. The molecule has 0 spiro atoms. The lowest BCUT2D eigenvalue weighted by molar-refractivity contribution is 0.208. The van der Waals surface area contributed by atoms with Crippen LogP contribution in [-0.2, 0) is 6.54 Å². The molecule has 0 aliphatic heterocycles. The van der Waals surface area contributed by atoms with Gasteiger partial charge in [-0.2, -0.15) is 5.10 Å². The number of aliphatic hydroxyl groups excluding tert-OH is 1. The lowest BCUT2D eigenvalue weighted by atomic mass is 10.2. The molecule has 160 valence electrons. The van der Waals surface area contributed by atoms with Crippen molar-refractivity contribution in [3.05, 3.63) is 66.4 Å². The maximum atomic E-state index is 9.74. The van der Waals surface area contributed by atoms with Gasteiger partial charge in [-0.15, -0.1) is 0 Å². The summed E-state index contributed by atoms with van der Waals surface area (Å²) in [7, 11) is 1.64. The maximum Gasteiger partial charge on any atom is 0.164 e. The van der Waals surface area contributed by atoms with E-state index >= 15 is 0 Å². The van der Waals surface area contributed by atoms with E-state index in [1.807, 2.05) is 41.1 Å². The zero-order valence-electron chi connectivity index (χ0n) is 17.4. The second kappa shape index (κ2) is 8.93. The van der Waals surface area contributed by atoms with Crippen molar-refractivity contribution in [1.82, 2.24) is 14.8 Å². The first-order chi connectivity index (χ1) is 15.0. The van der Waals surface area contributed by atoms with E-state index < -0.39 is 6.10 Å². The molecule has 2 heterocycles. The summed E-state index contributed by atoms with van der Waals surface area (Å²) < 4.78 is 13.2. The summed E-state index contributed by atoms with van der Waals surface area (Å²) in [5.74, 6) is 2.67. The number of ether oxygens (including phenoxy) is 2. The highest BCUT2D eigenvalue weighted by atomic mass is 16.5. The average molecular weight is 419 g/mol. The SMILES string of the molecule is COc1ccc(Cn2nc(NCC(C)O)c3c(Oc4ccc(N)cc4)ccnc32)cc1. The number of pyridine rings is 1. The van der Waals surface area contributed by atoms with Crippen LogP contribution < -0.4 is 20.5 Å². The summed E-state index contributed by atoms with van der Waals surface area (Å²) in [6.45, 7) is 2.59. The first-order valence-electron chi connectivity index (χ1n) is 9.97. The van der Waals surface area contributed by atoms with Crippen LogP contribution in [-0.4, -0.2) is 39.6 Å². The fourth-order valence-corrected chi connectivity index (χ4v) is 3.20. The number of anilines is 2. The Balaban J connectivity index is 1.73. The van der Waals surface area contributed by atoms with Crippen molar-refractivity contribution in [1.29, 1.82) is 0 Å². The van der Waals surface area contributed by atoms with E-state index in [2.05, 4.69) is 10.3 Å². The predicted molar refractivity (Wildman–Crippen MR) is 121 cm³/mol. The van der Waals surface area contributed by atoms with Crippen molar-refractivity contribution in [2.24, 2.45) is 0 Å². The number of aliphatic hydroxyl groups is 1. The van der Waals surface area contributed by atoms with E-state index in [0.29, 0.717) is 41.7 Å². The topological polar surface area (TPSA) is 107 Å². The van der Waals surface area contributed by atoms with Gasteiger partial charge in [-0.05, 0) is 48.9 Å². The van der Waals surface area contributed by atoms with Crippen LogP contribution in [0.25, 0.3) is 11.0 Å². The normalized spacial score (nSPS) is 12.0. The summed E-state index contributed by atoms with van der Waals surface area (Å²) in [5, 5.41) is 18.4. The van der Waals surface area contributed by atoms with E-state index in [0.717, 1.165) is 16.7 Å². The second-order valence-electron chi connectivity index (χ2n) is 7.26. The highest BCUT2D eigenvalue weighted by Gasteiger charge is 2.18. The van der Waals surface area contributed by atoms with Crippen molar-refractivity contribution in [3.63, 3.8) is 0 Å². The number of nitrogens with one attached hydrogen (secondary N) is 1. The molecule has 0 aliphatic rings. The number of rotatable bonds is 8. The second-order valence-corrected chi connectivity index (χ2v) is 7.26. The quantitative estimate of drug-likeness (QED) is 0.374. The smallest absolute Gasteiger partial charge is 0.164 e. The minimum absolute atomic E-state index is 0.352. The summed E-state index contributed by atoms with van der Waals surface area (Å²) in [6, 6.07) is 16.8. The maximum absolute atomic E-state index is 9.74. The first-order valence-corrected chi connectivity index (χ1v) is 9.97. The number of nitrogen functional groups attached to an aromatic ring is 1.